The highest BCUT2D eigenvalue weighted by molar-refractivity contribution is 9.10. The number of halogens is 2. The molecular formula is C14H13BrFNO3S. The Morgan fingerprint density at radius 3 is 2.52 bits per heavy atom. The van der Waals surface area contributed by atoms with Crippen LogP contribution in [0.15, 0.2) is 45.8 Å². The predicted molar refractivity (Wildman–Crippen MR) is 82.6 cm³/mol. The predicted octanol–water partition coefficient (Wildman–Crippen LogP) is 3.71. The molecule has 0 aliphatic heterocycles. The summed E-state index contributed by atoms with van der Waals surface area (Å²) in [6, 6.07) is 8.77. The summed E-state index contributed by atoms with van der Waals surface area (Å²) >= 11 is 3.22. The lowest BCUT2D eigenvalue weighted by molar-refractivity contribution is 0.403. The summed E-state index contributed by atoms with van der Waals surface area (Å²) in [6.07, 6.45) is 0. The van der Waals surface area contributed by atoms with Crippen molar-refractivity contribution in [2.45, 2.75) is 11.8 Å². The molecule has 0 heterocycles. The van der Waals surface area contributed by atoms with Crippen LogP contribution in [0.25, 0.3) is 0 Å². The van der Waals surface area contributed by atoms with Crippen LogP contribution in [-0.4, -0.2) is 15.5 Å². The van der Waals surface area contributed by atoms with E-state index in [-0.39, 0.29) is 16.3 Å². The minimum atomic E-state index is -3.88. The number of rotatable bonds is 4. The summed E-state index contributed by atoms with van der Waals surface area (Å²) in [5.41, 5.74) is 0.595. The number of anilines is 1. The topological polar surface area (TPSA) is 55.4 Å². The van der Waals surface area contributed by atoms with Crippen LogP contribution in [0.3, 0.4) is 0 Å². The molecule has 0 fully saturated rings. The van der Waals surface area contributed by atoms with E-state index in [1.807, 2.05) is 0 Å². The van der Waals surface area contributed by atoms with Crippen LogP contribution in [0.2, 0.25) is 0 Å². The van der Waals surface area contributed by atoms with Gasteiger partial charge < -0.3 is 4.74 Å². The fraction of sp³-hybridized carbons (Fsp3) is 0.143. The van der Waals surface area contributed by atoms with Gasteiger partial charge in [0.05, 0.1) is 12.8 Å². The van der Waals surface area contributed by atoms with Gasteiger partial charge in [-0.2, -0.15) is 0 Å². The minimum Gasteiger partial charge on any atom is -0.495 e. The Morgan fingerprint density at radius 2 is 1.90 bits per heavy atom. The highest BCUT2D eigenvalue weighted by Crippen LogP contribution is 2.29. The van der Waals surface area contributed by atoms with E-state index < -0.39 is 15.8 Å². The van der Waals surface area contributed by atoms with Gasteiger partial charge in [0.25, 0.3) is 10.0 Å². The molecule has 112 valence electrons. The van der Waals surface area contributed by atoms with Crippen LogP contribution in [-0.2, 0) is 10.0 Å². The van der Waals surface area contributed by atoms with Gasteiger partial charge in [-0.05, 0) is 42.8 Å². The SMILES string of the molecule is COc1ccc(Br)cc1S(=O)(=O)Nc1ccc(C)c(F)c1. The molecule has 0 saturated heterocycles. The average Bonchev–Trinajstić information content (AvgIpc) is 2.42. The lowest BCUT2D eigenvalue weighted by Crippen LogP contribution is -2.14. The highest BCUT2D eigenvalue weighted by atomic mass is 79.9. The van der Waals surface area contributed by atoms with E-state index in [0.29, 0.717) is 10.0 Å². The molecule has 0 bridgehead atoms. The van der Waals surface area contributed by atoms with Crippen LogP contribution < -0.4 is 9.46 Å². The van der Waals surface area contributed by atoms with Gasteiger partial charge in [0.1, 0.15) is 16.5 Å². The molecule has 21 heavy (non-hydrogen) atoms. The maximum atomic E-state index is 13.5. The second-order valence-corrected chi connectivity index (χ2v) is 6.93. The van der Waals surface area contributed by atoms with Gasteiger partial charge >= 0.3 is 0 Å². The third-order valence-corrected chi connectivity index (χ3v) is 4.73. The number of hydrogen-bond donors (Lipinski definition) is 1. The van der Waals surface area contributed by atoms with E-state index in [1.54, 1.807) is 13.0 Å². The van der Waals surface area contributed by atoms with Crippen molar-refractivity contribution in [2.75, 3.05) is 11.8 Å². The number of ether oxygens (including phenoxy) is 1. The number of methoxy groups -OCH3 is 1. The van der Waals surface area contributed by atoms with Gasteiger partial charge in [0.2, 0.25) is 0 Å². The highest BCUT2D eigenvalue weighted by Gasteiger charge is 2.20. The number of aryl methyl sites for hydroxylation is 1. The molecule has 4 nitrogen and oxygen atoms in total. The Bertz CT molecular complexity index is 778. The van der Waals surface area contributed by atoms with Gasteiger partial charge in [0.15, 0.2) is 0 Å². The molecule has 0 unspecified atom stereocenters. The molecular weight excluding hydrogens is 361 g/mol. The summed E-state index contributed by atoms with van der Waals surface area (Å²) in [4.78, 5) is -0.0274. The molecule has 0 atom stereocenters. The zero-order valence-corrected chi connectivity index (χ0v) is 13.8. The lowest BCUT2D eigenvalue weighted by Gasteiger charge is -2.12. The molecule has 0 radical (unpaired) electrons. The first kappa shape index (κ1) is 15.8. The average molecular weight is 374 g/mol. The van der Waals surface area contributed by atoms with Crippen molar-refractivity contribution in [1.82, 2.24) is 0 Å². The quantitative estimate of drug-likeness (QED) is 0.888. The van der Waals surface area contributed by atoms with E-state index >= 15 is 0 Å². The Labute approximate surface area is 131 Å². The molecule has 0 amide bonds. The zero-order valence-electron chi connectivity index (χ0n) is 11.4. The summed E-state index contributed by atoms with van der Waals surface area (Å²) in [7, 11) is -2.50. The maximum Gasteiger partial charge on any atom is 0.265 e. The summed E-state index contributed by atoms with van der Waals surface area (Å²) < 4.78 is 46.3. The fourth-order valence-corrected chi connectivity index (χ4v) is 3.49. The molecule has 0 aliphatic rings. The normalized spacial score (nSPS) is 11.2. The largest absolute Gasteiger partial charge is 0.495 e. The second kappa shape index (κ2) is 6.03. The Morgan fingerprint density at radius 1 is 1.19 bits per heavy atom. The molecule has 2 aromatic carbocycles. The van der Waals surface area contributed by atoms with Crippen molar-refractivity contribution in [3.8, 4) is 5.75 Å². The molecule has 0 saturated carbocycles. The number of benzene rings is 2. The van der Waals surface area contributed by atoms with E-state index in [4.69, 9.17) is 4.74 Å². The van der Waals surface area contributed by atoms with Crippen molar-refractivity contribution in [3.63, 3.8) is 0 Å². The van der Waals surface area contributed by atoms with Crippen LogP contribution in [0, 0.1) is 12.7 Å². The first-order valence-electron chi connectivity index (χ1n) is 5.96. The maximum absolute atomic E-state index is 13.5. The van der Waals surface area contributed by atoms with Gasteiger partial charge in [0, 0.05) is 4.47 Å². The Kier molecular flexibility index (Phi) is 4.53. The molecule has 7 heteroatoms. The summed E-state index contributed by atoms with van der Waals surface area (Å²) in [5, 5.41) is 0. The minimum absolute atomic E-state index is 0.0274. The fourth-order valence-electron chi connectivity index (χ4n) is 1.73. The van der Waals surface area contributed by atoms with Crippen LogP contribution in [0.1, 0.15) is 5.56 Å². The van der Waals surface area contributed by atoms with Crippen molar-refractivity contribution >= 4 is 31.6 Å². The van der Waals surface area contributed by atoms with Crippen LogP contribution in [0.4, 0.5) is 10.1 Å². The van der Waals surface area contributed by atoms with Crippen LogP contribution >= 0.6 is 15.9 Å². The third-order valence-electron chi connectivity index (χ3n) is 2.84. The molecule has 1 N–H and O–H groups in total. The molecule has 0 spiro atoms. The van der Waals surface area contributed by atoms with Gasteiger partial charge in [-0.25, -0.2) is 12.8 Å². The van der Waals surface area contributed by atoms with E-state index in [1.165, 1.54) is 31.4 Å². The Balaban J connectivity index is 2.42. The smallest absolute Gasteiger partial charge is 0.265 e. The first-order chi connectivity index (χ1) is 9.83. The molecule has 2 aromatic rings. The summed E-state index contributed by atoms with van der Waals surface area (Å²) in [6.45, 7) is 1.60. The van der Waals surface area contributed by atoms with Crippen molar-refractivity contribution < 1.29 is 17.5 Å². The number of nitrogens with one attached hydrogen (secondary N) is 1. The summed E-state index contributed by atoms with van der Waals surface area (Å²) in [5.74, 6) is -0.269. The van der Waals surface area contributed by atoms with Crippen molar-refractivity contribution in [3.05, 3.63) is 52.3 Å². The number of sulfonamides is 1. The van der Waals surface area contributed by atoms with Crippen LogP contribution in [0.5, 0.6) is 5.75 Å². The van der Waals surface area contributed by atoms with Gasteiger partial charge in [-0.1, -0.05) is 22.0 Å². The Hall–Kier alpha value is -1.60. The van der Waals surface area contributed by atoms with E-state index in [9.17, 15) is 12.8 Å². The second-order valence-electron chi connectivity index (χ2n) is 4.36. The zero-order chi connectivity index (χ0) is 15.6. The standard InChI is InChI=1S/C14H13BrFNO3S/c1-9-3-5-11(8-12(9)16)17-21(18,19)14-7-10(15)4-6-13(14)20-2/h3-8,17H,1-2H3. The van der Waals surface area contributed by atoms with Crippen molar-refractivity contribution in [1.29, 1.82) is 0 Å². The molecule has 0 aliphatic carbocycles. The van der Waals surface area contributed by atoms with Gasteiger partial charge in [-0.3, -0.25) is 4.72 Å². The first-order valence-corrected chi connectivity index (χ1v) is 8.23. The third kappa shape index (κ3) is 3.54. The van der Waals surface area contributed by atoms with E-state index in [2.05, 4.69) is 20.7 Å². The van der Waals surface area contributed by atoms with Crippen molar-refractivity contribution in [2.24, 2.45) is 0 Å². The van der Waals surface area contributed by atoms with E-state index in [0.717, 1.165) is 6.07 Å². The monoisotopic (exact) mass is 373 g/mol. The lowest BCUT2D eigenvalue weighted by atomic mass is 10.2. The van der Waals surface area contributed by atoms with Gasteiger partial charge in [-0.15, -0.1) is 0 Å². The number of hydrogen-bond acceptors (Lipinski definition) is 3. The molecule has 2 rings (SSSR count). The molecule has 0 aromatic heterocycles.